The van der Waals surface area contributed by atoms with E-state index < -0.39 is 0 Å². The first-order valence-corrected chi connectivity index (χ1v) is 6.50. The number of hydrogen-bond donors (Lipinski definition) is 1. The van der Waals surface area contributed by atoms with Crippen LogP contribution >= 0.6 is 11.3 Å². The van der Waals surface area contributed by atoms with Crippen molar-refractivity contribution in [1.29, 1.82) is 0 Å². The Kier molecular flexibility index (Phi) is 3.60. The summed E-state index contributed by atoms with van der Waals surface area (Å²) in [5.41, 5.74) is 8.62. The molecule has 2 N–H and O–H groups in total. The molecule has 0 aliphatic carbocycles. The minimum absolute atomic E-state index is 0.188. The fraction of sp³-hybridized carbons (Fsp3) is 0.286. The van der Waals surface area contributed by atoms with Crippen LogP contribution in [0.3, 0.4) is 0 Å². The molecule has 0 aliphatic rings. The van der Waals surface area contributed by atoms with Crippen molar-refractivity contribution in [2.24, 2.45) is 5.73 Å². The lowest BCUT2D eigenvalue weighted by atomic mass is 9.96. The van der Waals surface area contributed by atoms with Crippen LogP contribution in [0.25, 0.3) is 0 Å². The predicted molar refractivity (Wildman–Crippen MR) is 70.8 cm³/mol. The summed E-state index contributed by atoms with van der Waals surface area (Å²) in [6.45, 7) is 3.81. The average molecular weight is 249 g/mol. The molecule has 0 saturated heterocycles. The van der Waals surface area contributed by atoms with Crippen molar-refractivity contribution in [1.82, 2.24) is 0 Å². The van der Waals surface area contributed by atoms with Crippen LogP contribution in [0.2, 0.25) is 0 Å². The summed E-state index contributed by atoms with van der Waals surface area (Å²) in [7, 11) is 0. The maximum absolute atomic E-state index is 13.9. The minimum Gasteiger partial charge on any atom is -0.324 e. The molecule has 0 bridgehead atoms. The van der Waals surface area contributed by atoms with Crippen molar-refractivity contribution in [3.63, 3.8) is 0 Å². The number of thiophene rings is 1. The highest BCUT2D eigenvalue weighted by Crippen LogP contribution is 2.25. The second-order valence-corrected chi connectivity index (χ2v) is 5.40. The maximum Gasteiger partial charge on any atom is 0.128 e. The molecule has 1 aromatic carbocycles. The van der Waals surface area contributed by atoms with Gasteiger partial charge in [-0.15, -0.1) is 11.3 Å². The van der Waals surface area contributed by atoms with Crippen molar-refractivity contribution in [3.8, 4) is 0 Å². The molecule has 1 nitrogen and oxygen atoms in total. The van der Waals surface area contributed by atoms with Crippen molar-refractivity contribution >= 4 is 11.3 Å². The smallest absolute Gasteiger partial charge is 0.128 e. The van der Waals surface area contributed by atoms with Crippen molar-refractivity contribution in [2.75, 3.05) is 0 Å². The first-order valence-electron chi connectivity index (χ1n) is 5.62. The number of halogens is 1. The third kappa shape index (κ3) is 2.73. The number of nitrogens with two attached hydrogens (primary N) is 1. The zero-order valence-electron chi connectivity index (χ0n) is 10.0. The molecule has 1 atom stereocenters. The largest absolute Gasteiger partial charge is 0.324 e. The van der Waals surface area contributed by atoms with E-state index in [4.69, 9.17) is 5.73 Å². The van der Waals surface area contributed by atoms with Gasteiger partial charge in [0.05, 0.1) is 0 Å². The lowest BCUT2D eigenvalue weighted by molar-refractivity contribution is 0.577. The molecule has 0 radical (unpaired) electrons. The van der Waals surface area contributed by atoms with Crippen molar-refractivity contribution in [2.45, 2.75) is 26.3 Å². The second kappa shape index (κ2) is 4.98. The molecule has 1 unspecified atom stereocenters. The van der Waals surface area contributed by atoms with Gasteiger partial charge < -0.3 is 5.73 Å². The monoisotopic (exact) mass is 249 g/mol. The Bertz CT molecular complexity index is 482. The SMILES string of the molecule is Cc1cc(C)c(C(N)Cc2cccs2)c(F)c1. The molecule has 17 heavy (non-hydrogen) atoms. The molecule has 1 heterocycles. The summed E-state index contributed by atoms with van der Waals surface area (Å²) in [6, 6.07) is 7.29. The Balaban J connectivity index is 2.27. The minimum atomic E-state index is -0.269. The van der Waals surface area contributed by atoms with Gasteiger partial charge in [-0.25, -0.2) is 4.39 Å². The number of hydrogen-bond acceptors (Lipinski definition) is 2. The third-order valence-electron chi connectivity index (χ3n) is 2.85. The quantitative estimate of drug-likeness (QED) is 0.881. The normalized spacial score (nSPS) is 12.7. The summed E-state index contributed by atoms with van der Waals surface area (Å²) in [4.78, 5) is 1.19. The third-order valence-corrected chi connectivity index (χ3v) is 3.75. The molecular weight excluding hydrogens is 233 g/mol. The number of aryl methyl sites for hydroxylation is 2. The van der Waals surface area contributed by atoms with Gasteiger partial charge in [0.25, 0.3) is 0 Å². The molecule has 0 aliphatic heterocycles. The van der Waals surface area contributed by atoms with E-state index >= 15 is 0 Å². The zero-order chi connectivity index (χ0) is 12.4. The van der Waals surface area contributed by atoms with Gasteiger partial charge in [-0.2, -0.15) is 0 Å². The maximum atomic E-state index is 13.9. The van der Waals surface area contributed by atoms with Crippen LogP contribution in [-0.4, -0.2) is 0 Å². The van der Waals surface area contributed by atoms with Gasteiger partial charge >= 0.3 is 0 Å². The topological polar surface area (TPSA) is 26.0 Å². The van der Waals surface area contributed by atoms with E-state index in [2.05, 4.69) is 0 Å². The van der Waals surface area contributed by atoms with Crippen LogP contribution in [0, 0.1) is 19.7 Å². The van der Waals surface area contributed by atoms with Gasteiger partial charge in [0.15, 0.2) is 0 Å². The summed E-state index contributed by atoms with van der Waals surface area (Å²) in [5.74, 6) is -0.188. The molecule has 3 heteroatoms. The predicted octanol–water partition coefficient (Wildman–Crippen LogP) is 3.75. The number of rotatable bonds is 3. The lowest BCUT2D eigenvalue weighted by Gasteiger charge is -2.15. The molecule has 1 aromatic heterocycles. The van der Waals surface area contributed by atoms with E-state index in [-0.39, 0.29) is 11.9 Å². The highest BCUT2D eigenvalue weighted by molar-refractivity contribution is 7.09. The second-order valence-electron chi connectivity index (χ2n) is 4.37. The van der Waals surface area contributed by atoms with Crippen LogP contribution < -0.4 is 5.73 Å². The van der Waals surface area contributed by atoms with Gasteiger partial charge in [-0.1, -0.05) is 12.1 Å². The van der Waals surface area contributed by atoms with Gasteiger partial charge in [0, 0.05) is 22.9 Å². The van der Waals surface area contributed by atoms with E-state index in [9.17, 15) is 4.39 Å². The summed E-state index contributed by atoms with van der Waals surface area (Å²) in [6.07, 6.45) is 0.693. The van der Waals surface area contributed by atoms with E-state index in [0.717, 1.165) is 11.1 Å². The van der Waals surface area contributed by atoms with Crippen LogP contribution in [0.15, 0.2) is 29.6 Å². The van der Waals surface area contributed by atoms with E-state index in [1.54, 1.807) is 17.4 Å². The summed E-state index contributed by atoms with van der Waals surface area (Å²) < 4.78 is 13.9. The molecule has 0 amide bonds. The molecule has 0 spiro atoms. The van der Waals surface area contributed by atoms with Gasteiger partial charge in [0.2, 0.25) is 0 Å². The fourth-order valence-electron chi connectivity index (χ4n) is 2.14. The van der Waals surface area contributed by atoms with E-state index in [0.29, 0.717) is 12.0 Å². The molecule has 0 fully saturated rings. The Morgan fingerprint density at radius 2 is 2.12 bits per heavy atom. The Hall–Kier alpha value is -1.19. The fourth-order valence-corrected chi connectivity index (χ4v) is 2.91. The Morgan fingerprint density at radius 1 is 1.35 bits per heavy atom. The standard InChI is InChI=1S/C14H16FNS/c1-9-6-10(2)14(12(15)7-9)13(16)8-11-4-3-5-17-11/h3-7,13H,8,16H2,1-2H3. The first-order chi connectivity index (χ1) is 8.08. The van der Waals surface area contributed by atoms with Gasteiger partial charge in [0.1, 0.15) is 5.82 Å². The van der Waals surface area contributed by atoms with Gasteiger partial charge in [-0.05, 0) is 42.5 Å². The Labute approximate surface area is 105 Å². The number of benzene rings is 1. The van der Waals surface area contributed by atoms with Crippen molar-refractivity contribution in [3.05, 3.63) is 57.0 Å². The molecular formula is C14H16FNS. The molecule has 90 valence electrons. The summed E-state index contributed by atoms with van der Waals surface area (Å²) in [5, 5.41) is 2.01. The van der Waals surface area contributed by atoms with Crippen LogP contribution in [-0.2, 0) is 6.42 Å². The first kappa shape index (κ1) is 12.3. The summed E-state index contributed by atoms with van der Waals surface area (Å²) >= 11 is 1.66. The average Bonchev–Trinajstić information content (AvgIpc) is 2.68. The highest BCUT2D eigenvalue weighted by atomic mass is 32.1. The van der Waals surface area contributed by atoms with Crippen LogP contribution in [0.4, 0.5) is 4.39 Å². The molecule has 2 rings (SSSR count). The van der Waals surface area contributed by atoms with E-state index in [1.807, 2.05) is 37.4 Å². The van der Waals surface area contributed by atoms with Crippen LogP contribution in [0.5, 0.6) is 0 Å². The Morgan fingerprint density at radius 3 is 2.71 bits per heavy atom. The van der Waals surface area contributed by atoms with Gasteiger partial charge in [-0.3, -0.25) is 0 Å². The van der Waals surface area contributed by atoms with Crippen LogP contribution in [0.1, 0.15) is 27.6 Å². The van der Waals surface area contributed by atoms with E-state index in [1.165, 1.54) is 4.88 Å². The molecule has 0 saturated carbocycles. The highest BCUT2D eigenvalue weighted by Gasteiger charge is 2.15. The lowest BCUT2D eigenvalue weighted by Crippen LogP contribution is -2.16. The molecule has 2 aromatic rings. The zero-order valence-corrected chi connectivity index (χ0v) is 10.9. The van der Waals surface area contributed by atoms with Crippen molar-refractivity contribution < 1.29 is 4.39 Å².